The van der Waals surface area contributed by atoms with Crippen molar-refractivity contribution >= 4 is 34.6 Å². The fourth-order valence-electron chi connectivity index (χ4n) is 3.88. The maximum absolute atomic E-state index is 12.7. The van der Waals surface area contributed by atoms with Gasteiger partial charge in [0.25, 0.3) is 0 Å². The van der Waals surface area contributed by atoms with E-state index in [-0.39, 0.29) is 17.4 Å². The molecule has 2 aliphatic heterocycles. The Labute approximate surface area is 160 Å². The lowest BCUT2D eigenvalue weighted by Gasteiger charge is -2.29. The summed E-state index contributed by atoms with van der Waals surface area (Å²) >= 11 is 1.62. The van der Waals surface area contributed by atoms with Gasteiger partial charge in [-0.2, -0.15) is 0 Å². The van der Waals surface area contributed by atoms with Crippen LogP contribution in [-0.4, -0.2) is 33.4 Å². The number of carbonyl (C=O) groups is 2. The van der Waals surface area contributed by atoms with E-state index in [9.17, 15) is 14.4 Å². The summed E-state index contributed by atoms with van der Waals surface area (Å²) in [6.07, 6.45) is 1.22. The van der Waals surface area contributed by atoms with Gasteiger partial charge in [0.1, 0.15) is 18.2 Å². The molecule has 0 radical (unpaired) electrons. The average molecular weight is 387 g/mol. The molecule has 4 rings (SSSR count). The van der Waals surface area contributed by atoms with E-state index in [1.54, 1.807) is 16.7 Å². The SMILES string of the molecule is Cc1ccc2c(COC(=O)[C@@H]3CS[C@@]4(C)CCC(=O)N34)cc(=O)oc2c1C. The van der Waals surface area contributed by atoms with Crippen LogP contribution in [0.5, 0.6) is 0 Å². The van der Waals surface area contributed by atoms with Crippen LogP contribution < -0.4 is 5.63 Å². The molecule has 27 heavy (non-hydrogen) atoms. The van der Waals surface area contributed by atoms with Crippen LogP contribution in [0.25, 0.3) is 11.0 Å². The molecule has 1 aromatic heterocycles. The lowest BCUT2D eigenvalue weighted by molar-refractivity contribution is -0.154. The zero-order valence-corrected chi connectivity index (χ0v) is 16.4. The third kappa shape index (κ3) is 2.94. The fraction of sp³-hybridized carbons (Fsp3) is 0.450. The number of esters is 1. The van der Waals surface area contributed by atoms with Crippen LogP contribution in [-0.2, 0) is 20.9 Å². The van der Waals surface area contributed by atoms with E-state index < -0.39 is 17.6 Å². The second kappa shape index (κ2) is 6.41. The second-order valence-electron chi connectivity index (χ2n) is 7.35. The Kier molecular flexibility index (Phi) is 4.29. The molecule has 1 amide bonds. The first kappa shape index (κ1) is 18.1. The number of ether oxygens (including phenoxy) is 1. The molecule has 0 aliphatic carbocycles. The van der Waals surface area contributed by atoms with E-state index in [4.69, 9.17) is 9.15 Å². The van der Waals surface area contributed by atoms with Crippen molar-refractivity contribution < 1.29 is 18.7 Å². The van der Waals surface area contributed by atoms with Gasteiger partial charge in [-0.3, -0.25) is 4.79 Å². The molecule has 2 fully saturated rings. The number of nitrogens with zero attached hydrogens (tertiary/aromatic N) is 1. The molecule has 6 nitrogen and oxygen atoms in total. The molecule has 0 unspecified atom stereocenters. The molecule has 2 aliphatic rings. The molecule has 0 N–H and O–H groups in total. The van der Waals surface area contributed by atoms with Gasteiger partial charge in [0.15, 0.2) is 0 Å². The summed E-state index contributed by atoms with van der Waals surface area (Å²) in [5, 5.41) is 0.758. The summed E-state index contributed by atoms with van der Waals surface area (Å²) in [5.41, 5.74) is 2.57. The first-order chi connectivity index (χ1) is 12.8. The maximum Gasteiger partial charge on any atom is 0.336 e. The summed E-state index contributed by atoms with van der Waals surface area (Å²) in [6.45, 7) is 5.81. The minimum Gasteiger partial charge on any atom is -0.459 e. The fourth-order valence-corrected chi connectivity index (χ4v) is 5.30. The lowest BCUT2D eigenvalue weighted by Crippen LogP contribution is -2.46. The summed E-state index contributed by atoms with van der Waals surface area (Å²) in [6, 6.07) is 4.62. The Morgan fingerprint density at radius 1 is 1.37 bits per heavy atom. The highest BCUT2D eigenvalue weighted by atomic mass is 32.2. The maximum atomic E-state index is 12.7. The Morgan fingerprint density at radius 2 is 2.15 bits per heavy atom. The number of rotatable bonds is 3. The number of thioether (sulfide) groups is 1. The van der Waals surface area contributed by atoms with Crippen molar-refractivity contribution in [3.05, 3.63) is 45.3 Å². The van der Waals surface area contributed by atoms with Gasteiger partial charge in [-0.15, -0.1) is 11.8 Å². The van der Waals surface area contributed by atoms with Gasteiger partial charge in [0.2, 0.25) is 5.91 Å². The van der Waals surface area contributed by atoms with Crippen molar-refractivity contribution in [3.8, 4) is 0 Å². The first-order valence-corrected chi connectivity index (χ1v) is 9.94. The molecule has 0 bridgehead atoms. The van der Waals surface area contributed by atoms with Crippen LogP contribution in [0, 0.1) is 13.8 Å². The van der Waals surface area contributed by atoms with Gasteiger partial charge in [0.05, 0.1) is 4.87 Å². The van der Waals surface area contributed by atoms with E-state index in [1.165, 1.54) is 6.07 Å². The van der Waals surface area contributed by atoms with Crippen LogP contribution in [0.4, 0.5) is 0 Å². The quantitative estimate of drug-likeness (QED) is 0.595. The smallest absolute Gasteiger partial charge is 0.336 e. The minimum atomic E-state index is -0.564. The minimum absolute atomic E-state index is 0.00125. The Balaban J connectivity index is 1.57. The lowest BCUT2D eigenvalue weighted by atomic mass is 10.0. The van der Waals surface area contributed by atoms with Crippen molar-refractivity contribution in [3.63, 3.8) is 0 Å². The number of benzene rings is 1. The molecular weight excluding hydrogens is 366 g/mol. The third-order valence-electron chi connectivity index (χ3n) is 5.60. The number of carbonyl (C=O) groups excluding carboxylic acids is 2. The highest BCUT2D eigenvalue weighted by Crippen LogP contribution is 2.47. The van der Waals surface area contributed by atoms with E-state index in [0.717, 1.165) is 22.9 Å². The van der Waals surface area contributed by atoms with Crippen molar-refractivity contribution in [2.75, 3.05) is 5.75 Å². The highest BCUT2D eigenvalue weighted by molar-refractivity contribution is 8.01. The molecule has 0 spiro atoms. The van der Waals surface area contributed by atoms with Crippen LogP contribution in [0.1, 0.15) is 36.5 Å². The molecule has 2 aromatic rings. The molecular formula is C20H21NO5S. The van der Waals surface area contributed by atoms with Gasteiger partial charge in [-0.1, -0.05) is 12.1 Å². The van der Waals surface area contributed by atoms with Crippen molar-refractivity contribution in [2.45, 2.75) is 51.1 Å². The van der Waals surface area contributed by atoms with E-state index in [0.29, 0.717) is 23.3 Å². The summed E-state index contributed by atoms with van der Waals surface area (Å²) < 4.78 is 10.9. The molecule has 2 atom stereocenters. The van der Waals surface area contributed by atoms with Gasteiger partial charge < -0.3 is 14.1 Å². The Morgan fingerprint density at radius 3 is 2.93 bits per heavy atom. The Hall–Kier alpha value is -2.28. The monoisotopic (exact) mass is 387 g/mol. The summed E-state index contributed by atoms with van der Waals surface area (Å²) in [5.74, 6) is 0.116. The predicted molar refractivity (Wildman–Crippen MR) is 102 cm³/mol. The van der Waals surface area contributed by atoms with Gasteiger partial charge in [-0.25, -0.2) is 9.59 Å². The molecule has 1 aromatic carbocycles. The van der Waals surface area contributed by atoms with E-state index in [1.807, 2.05) is 32.9 Å². The molecule has 0 saturated carbocycles. The molecule has 3 heterocycles. The predicted octanol–water partition coefficient (Wildman–Crippen LogP) is 2.91. The van der Waals surface area contributed by atoms with Crippen LogP contribution in [0.2, 0.25) is 0 Å². The molecule has 142 valence electrons. The standard InChI is InChI=1S/C20H21NO5S/c1-11-4-5-14-13(8-17(23)26-18(14)12(11)2)9-25-19(24)15-10-27-20(3)7-6-16(22)21(15)20/h4-5,8,15H,6-7,9-10H2,1-3H3/t15-,20-/m0/s1. The molecule has 2 saturated heterocycles. The number of aryl methyl sites for hydroxylation is 2. The highest BCUT2D eigenvalue weighted by Gasteiger charge is 2.53. The van der Waals surface area contributed by atoms with Crippen molar-refractivity contribution in [2.24, 2.45) is 0 Å². The van der Waals surface area contributed by atoms with Crippen molar-refractivity contribution in [1.82, 2.24) is 4.90 Å². The van der Waals surface area contributed by atoms with E-state index in [2.05, 4.69) is 0 Å². The van der Waals surface area contributed by atoms with Crippen LogP contribution in [0.3, 0.4) is 0 Å². The number of hydrogen-bond acceptors (Lipinski definition) is 6. The first-order valence-electron chi connectivity index (χ1n) is 8.96. The van der Waals surface area contributed by atoms with Gasteiger partial charge >= 0.3 is 11.6 Å². The normalized spacial score (nSPS) is 24.5. The zero-order chi connectivity index (χ0) is 19.3. The largest absolute Gasteiger partial charge is 0.459 e. The zero-order valence-electron chi connectivity index (χ0n) is 15.5. The summed E-state index contributed by atoms with van der Waals surface area (Å²) in [7, 11) is 0. The van der Waals surface area contributed by atoms with Gasteiger partial charge in [0, 0.05) is 29.2 Å². The number of hydrogen-bond donors (Lipinski definition) is 0. The summed E-state index contributed by atoms with van der Waals surface area (Å²) in [4.78, 5) is 38.2. The average Bonchev–Trinajstić information content (AvgIpc) is 3.12. The van der Waals surface area contributed by atoms with Crippen LogP contribution >= 0.6 is 11.8 Å². The topological polar surface area (TPSA) is 76.8 Å². The number of amides is 1. The van der Waals surface area contributed by atoms with E-state index >= 15 is 0 Å². The molecule has 7 heteroatoms. The third-order valence-corrected chi connectivity index (χ3v) is 7.11. The second-order valence-corrected chi connectivity index (χ2v) is 8.85. The van der Waals surface area contributed by atoms with Crippen molar-refractivity contribution in [1.29, 1.82) is 0 Å². The van der Waals surface area contributed by atoms with Crippen LogP contribution in [0.15, 0.2) is 27.4 Å². The Bertz CT molecular complexity index is 1010. The van der Waals surface area contributed by atoms with Gasteiger partial charge in [-0.05, 0) is 38.3 Å². The number of fused-ring (bicyclic) bond motifs is 2.